The first-order valence-electron chi connectivity index (χ1n) is 6.12. The van der Waals surface area contributed by atoms with Gasteiger partial charge in [-0.05, 0) is 31.0 Å². The molecule has 1 heterocycles. The summed E-state index contributed by atoms with van der Waals surface area (Å²) in [5.74, 6) is -0.0531. The van der Waals surface area contributed by atoms with Crippen molar-refractivity contribution in [2.75, 3.05) is 6.54 Å². The zero-order valence-corrected chi connectivity index (χ0v) is 10.2. The molecule has 1 unspecified atom stereocenters. The Morgan fingerprint density at radius 1 is 1.39 bits per heavy atom. The van der Waals surface area contributed by atoms with Crippen LogP contribution in [0.5, 0.6) is 5.75 Å². The van der Waals surface area contributed by atoms with Crippen LogP contribution in [0.2, 0.25) is 0 Å². The molecule has 100 valence electrons. The number of hydrogen-bond acceptors (Lipinski definition) is 2. The van der Waals surface area contributed by atoms with Gasteiger partial charge in [-0.15, -0.1) is 13.2 Å². The van der Waals surface area contributed by atoms with Gasteiger partial charge in [0, 0.05) is 11.6 Å². The van der Waals surface area contributed by atoms with Crippen LogP contribution in [0.4, 0.5) is 13.2 Å². The summed E-state index contributed by atoms with van der Waals surface area (Å²) in [5.41, 5.74) is 1.62. The highest BCUT2D eigenvalue weighted by molar-refractivity contribution is 5.43. The van der Waals surface area contributed by atoms with Gasteiger partial charge >= 0.3 is 6.36 Å². The summed E-state index contributed by atoms with van der Waals surface area (Å²) in [5, 5.41) is 3.33. The maximum Gasteiger partial charge on any atom is 0.573 e. The van der Waals surface area contributed by atoms with Crippen molar-refractivity contribution in [3.05, 3.63) is 29.3 Å². The Morgan fingerprint density at radius 2 is 2.17 bits per heavy atom. The molecular formula is C13H16F3NO. The number of rotatable bonds is 3. The third-order valence-electron chi connectivity index (χ3n) is 3.11. The van der Waals surface area contributed by atoms with Crippen LogP contribution in [0, 0.1) is 0 Å². The van der Waals surface area contributed by atoms with Gasteiger partial charge in [-0.2, -0.15) is 0 Å². The third-order valence-corrected chi connectivity index (χ3v) is 3.11. The van der Waals surface area contributed by atoms with Gasteiger partial charge in [0.15, 0.2) is 0 Å². The lowest BCUT2D eigenvalue weighted by Crippen LogP contribution is -2.30. The molecule has 0 saturated heterocycles. The Kier molecular flexibility index (Phi) is 3.80. The molecule has 0 fully saturated rings. The van der Waals surface area contributed by atoms with Gasteiger partial charge in [0.2, 0.25) is 0 Å². The maximum atomic E-state index is 12.3. The summed E-state index contributed by atoms with van der Waals surface area (Å²) < 4.78 is 41.1. The first-order chi connectivity index (χ1) is 8.51. The fourth-order valence-electron chi connectivity index (χ4n) is 2.42. The number of alkyl halides is 3. The Labute approximate surface area is 104 Å². The van der Waals surface area contributed by atoms with E-state index in [0.29, 0.717) is 18.5 Å². The van der Waals surface area contributed by atoms with E-state index in [1.807, 2.05) is 6.07 Å². The lowest BCUT2D eigenvalue weighted by atomic mass is 9.91. The van der Waals surface area contributed by atoms with Crippen molar-refractivity contribution in [1.29, 1.82) is 0 Å². The Balaban J connectivity index is 2.31. The molecule has 1 aliphatic heterocycles. The molecule has 2 nitrogen and oxygen atoms in total. The molecule has 0 aromatic heterocycles. The van der Waals surface area contributed by atoms with Crippen LogP contribution >= 0.6 is 0 Å². The smallest absolute Gasteiger partial charge is 0.405 e. The maximum absolute atomic E-state index is 12.3. The summed E-state index contributed by atoms with van der Waals surface area (Å²) in [6, 6.07) is 5.02. The van der Waals surface area contributed by atoms with Crippen molar-refractivity contribution in [3.63, 3.8) is 0 Å². The van der Waals surface area contributed by atoms with E-state index in [1.165, 1.54) is 6.07 Å². The fourth-order valence-corrected chi connectivity index (χ4v) is 2.42. The molecule has 0 radical (unpaired) electrons. The number of fused-ring (bicyclic) bond motifs is 1. The predicted octanol–water partition coefficient (Wildman–Crippen LogP) is 3.57. The molecule has 5 heteroatoms. The Hall–Kier alpha value is -1.23. The lowest BCUT2D eigenvalue weighted by molar-refractivity contribution is -0.274. The van der Waals surface area contributed by atoms with Crippen molar-refractivity contribution in [2.24, 2.45) is 0 Å². The van der Waals surface area contributed by atoms with E-state index >= 15 is 0 Å². The van der Waals surface area contributed by atoms with Crippen LogP contribution in [0.1, 0.15) is 36.9 Å². The quantitative estimate of drug-likeness (QED) is 0.896. The second kappa shape index (κ2) is 5.18. The molecule has 1 atom stereocenters. The number of halogens is 3. The minimum atomic E-state index is -4.62. The number of benzene rings is 1. The molecule has 1 aliphatic rings. The van der Waals surface area contributed by atoms with E-state index < -0.39 is 6.36 Å². The van der Waals surface area contributed by atoms with Crippen molar-refractivity contribution in [2.45, 2.75) is 38.6 Å². The van der Waals surface area contributed by atoms with Gasteiger partial charge in [-0.3, -0.25) is 0 Å². The summed E-state index contributed by atoms with van der Waals surface area (Å²) in [4.78, 5) is 0. The predicted molar refractivity (Wildman–Crippen MR) is 62.5 cm³/mol. The molecule has 0 saturated carbocycles. The molecule has 0 amide bonds. The fraction of sp³-hybridized carbons (Fsp3) is 0.538. The number of hydrogen-bond donors (Lipinski definition) is 1. The lowest BCUT2D eigenvalue weighted by Gasteiger charge is -2.28. The first-order valence-corrected chi connectivity index (χ1v) is 6.12. The molecule has 2 rings (SSSR count). The normalized spacial score (nSPS) is 19.4. The molecule has 18 heavy (non-hydrogen) atoms. The molecule has 0 bridgehead atoms. The van der Waals surface area contributed by atoms with Crippen molar-refractivity contribution in [3.8, 4) is 5.75 Å². The second-order valence-electron chi connectivity index (χ2n) is 4.42. The average molecular weight is 259 g/mol. The standard InChI is InChI=1S/C13H16F3NO/c1-2-4-11-9-5-3-6-12(18-13(14,15)16)10(9)7-8-17-11/h3,5-6,11,17H,2,4,7-8H2,1H3. The van der Waals surface area contributed by atoms with E-state index in [9.17, 15) is 13.2 Å². The highest BCUT2D eigenvalue weighted by atomic mass is 19.4. The monoisotopic (exact) mass is 259 g/mol. The minimum Gasteiger partial charge on any atom is -0.405 e. The zero-order valence-electron chi connectivity index (χ0n) is 10.2. The highest BCUT2D eigenvalue weighted by Gasteiger charge is 2.33. The van der Waals surface area contributed by atoms with Crippen molar-refractivity contribution >= 4 is 0 Å². The van der Waals surface area contributed by atoms with E-state index in [0.717, 1.165) is 18.4 Å². The SMILES string of the molecule is CCCC1NCCc2c(OC(F)(F)F)cccc21. The van der Waals surface area contributed by atoms with E-state index in [1.54, 1.807) is 6.07 Å². The van der Waals surface area contributed by atoms with Crippen LogP contribution < -0.4 is 10.1 Å². The minimum absolute atomic E-state index is 0.0531. The summed E-state index contributed by atoms with van der Waals surface area (Å²) in [7, 11) is 0. The first kappa shape index (κ1) is 13.2. The van der Waals surface area contributed by atoms with Gasteiger partial charge < -0.3 is 10.1 Å². The van der Waals surface area contributed by atoms with Gasteiger partial charge in [-0.1, -0.05) is 25.5 Å². The van der Waals surface area contributed by atoms with Crippen LogP contribution in [-0.4, -0.2) is 12.9 Å². The van der Waals surface area contributed by atoms with E-state index in [2.05, 4.69) is 17.0 Å². The zero-order chi connectivity index (χ0) is 13.2. The Bertz CT molecular complexity index is 417. The van der Waals surface area contributed by atoms with Crippen LogP contribution in [0.3, 0.4) is 0 Å². The van der Waals surface area contributed by atoms with E-state index in [-0.39, 0.29) is 11.8 Å². The molecule has 1 aromatic carbocycles. The second-order valence-corrected chi connectivity index (χ2v) is 4.42. The molecule has 0 aliphatic carbocycles. The van der Waals surface area contributed by atoms with Crippen LogP contribution in [0.25, 0.3) is 0 Å². The Morgan fingerprint density at radius 3 is 2.83 bits per heavy atom. The molecule has 0 spiro atoms. The topological polar surface area (TPSA) is 21.3 Å². The molecule has 1 aromatic rings. The number of nitrogens with one attached hydrogen (secondary N) is 1. The van der Waals surface area contributed by atoms with Gasteiger partial charge in [-0.25, -0.2) is 0 Å². The molecule has 1 N–H and O–H groups in total. The largest absolute Gasteiger partial charge is 0.573 e. The highest BCUT2D eigenvalue weighted by Crippen LogP contribution is 2.34. The summed E-state index contributed by atoms with van der Waals surface area (Å²) >= 11 is 0. The van der Waals surface area contributed by atoms with Crippen molar-refractivity contribution in [1.82, 2.24) is 5.32 Å². The molecular weight excluding hydrogens is 243 g/mol. The van der Waals surface area contributed by atoms with Crippen LogP contribution in [0.15, 0.2) is 18.2 Å². The summed E-state index contributed by atoms with van der Waals surface area (Å²) in [6.07, 6.45) is -2.15. The van der Waals surface area contributed by atoms with E-state index in [4.69, 9.17) is 0 Å². The van der Waals surface area contributed by atoms with Gasteiger partial charge in [0.25, 0.3) is 0 Å². The third kappa shape index (κ3) is 2.96. The summed E-state index contributed by atoms with van der Waals surface area (Å²) in [6.45, 7) is 2.75. The van der Waals surface area contributed by atoms with Crippen molar-refractivity contribution < 1.29 is 17.9 Å². The van der Waals surface area contributed by atoms with Gasteiger partial charge in [0.05, 0.1) is 0 Å². The van der Waals surface area contributed by atoms with Gasteiger partial charge in [0.1, 0.15) is 5.75 Å². The number of ether oxygens (including phenoxy) is 1. The van der Waals surface area contributed by atoms with Crippen LogP contribution in [-0.2, 0) is 6.42 Å². The average Bonchev–Trinajstić information content (AvgIpc) is 2.29.